The van der Waals surface area contributed by atoms with E-state index in [0.29, 0.717) is 41.9 Å². The van der Waals surface area contributed by atoms with Crippen molar-refractivity contribution < 1.29 is 28.5 Å². The van der Waals surface area contributed by atoms with Crippen LogP contribution in [0.25, 0.3) is 0 Å². The molecule has 156 valence electrons. The number of benzene rings is 2. The van der Waals surface area contributed by atoms with Crippen LogP contribution in [0.2, 0.25) is 0 Å². The standard InChI is InChI=1S/C21H21N3O6/c1-13(14-6-7-16-18(10-14)28-9-8-27-16)23-24-20(25)11-22-21(26)19-12-29-15-4-2-3-5-17(15)30-19/h2-7,10,19H,8-9,11-12H2,1H3,(H,22,26)(H,24,25)/b23-13+/t19-/m1/s1. The predicted octanol–water partition coefficient (Wildman–Crippen LogP) is 1.25. The van der Waals surface area contributed by atoms with Gasteiger partial charge in [0.1, 0.15) is 19.8 Å². The summed E-state index contributed by atoms with van der Waals surface area (Å²) in [6.45, 7) is 2.61. The van der Waals surface area contributed by atoms with Crippen molar-refractivity contribution in [2.24, 2.45) is 5.10 Å². The van der Waals surface area contributed by atoms with Gasteiger partial charge in [-0.3, -0.25) is 9.59 Å². The number of nitrogens with one attached hydrogen (secondary N) is 2. The summed E-state index contributed by atoms with van der Waals surface area (Å²) in [5.41, 5.74) is 3.80. The van der Waals surface area contributed by atoms with Crippen LogP contribution in [-0.4, -0.2) is 50.0 Å². The summed E-state index contributed by atoms with van der Waals surface area (Å²) in [6, 6.07) is 12.5. The fourth-order valence-electron chi connectivity index (χ4n) is 2.95. The maximum atomic E-state index is 12.3. The predicted molar refractivity (Wildman–Crippen MR) is 107 cm³/mol. The number of carbonyl (C=O) groups excluding carboxylic acids is 2. The minimum absolute atomic E-state index is 0.0752. The first-order valence-electron chi connectivity index (χ1n) is 9.49. The molecule has 2 aliphatic rings. The second-order valence-electron chi connectivity index (χ2n) is 6.67. The normalized spacial score (nSPS) is 17.1. The Morgan fingerprint density at radius 1 is 1.00 bits per heavy atom. The molecule has 0 bridgehead atoms. The highest BCUT2D eigenvalue weighted by atomic mass is 16.6. The van der Waals surface area contributed by atoms with Gasteiger partial charge in [-0.15, -0.1) is 0 Å². The molecular formula is C21H21N3O6. The highest BCUT2D eigenvalue weighted by molar-refractivity contribution is 6.00. The van der Waals surface area contributed by atoms with Gasteiger partial charge in [0, 0.05) is 5.56 Å². The van der Waals surface area contributed by atoms with Gasteiger partial charge < -0.3 is 24.3 Å². The maximum Gasteiger partial charge on any atom is 0.265 e. The molecule has 9 heteroatoms. The van der Waals surface area contributed by atoms with Gasteiger partial charge in [0.05, 0.1) is 12.3 Å². The molecule has 30 heavy (non-hydrogen) atoms. The summed E-state index contributed by atoms with van der Waals surface area (Å²) in [4.78, 5) is 24.3. The van der Waals surface area contributed by atoms with E-state index in [-0.39, 0.29) is 13.2 Å². The van der Waals surface area contributed by atoms with E-state index in [2.05, 4.69) is 15.8 Å². The van der Waals surface area contributed by atoms with Crippen LogP contribution >= 0.6 is 0 Å². The molecule has 0 saturated carbocycles. The second-order valence-corrected chi connectivity index (χ2v) is 6.67. The van der Waals surface area contributed by atoms with E-state index in [1.807, 2.05) is 12.1 Å². The van der Waals surface area contributed by atoms with Crippen molar-refractivity contribution in [3.05, 3.63) is 48.0 Å². The molecule has 0 radical (unpaired) electrons. The Labute approximate surface area is 173 Å². The highest BCUT2D eigenvalue weighted by Gasteiger charge is 2.27. The van der Waals surface area contributed by atoms with E-state index in [9.17, 15) is 9.59 Å². The zero-order valence-corrected chi connectivity index (χ0v) is 16.3. The first-order chi connectivity index (χ1) is 14.6. The SMILES string of the molecule is C/C(=N\NC(=O)CNC(=O)[C@H]1COc2ccccc2O1)c1ccc2c(c1)OCCO2. The molecule has 0 saturated heterocycles. The van der Waals surface area contributed by atoms with Crippen molar-refractivity contribution in [2.75, 3.05) is 26.4 Å². The van der Waals surface area contributed by atoms with Crippen molar-refractivity contribution in [3.63, 3.8) is 0 Å². The summed E-state index contributed by atoms with van der Waals surface area (Å²) >= 11 is 0. The van der Waals surface area contributed by atoms with Crippen LogP contribution in [0.15, 0.2) is 47.6 Å². The monoisotopic (exact) mass is 411 g/mol. The third kappa shape index (κ3) is 4.45. The van der Waals surface area contributed by atoms with Gasteiger partial charge in [-0.25, -0.2) is 5.43 Å². The number of hydrogen-bond donors (Lipinski definition) is 2. The van der Waals surface area contributed by atoms with Gasteiger partial charge in [0.2, 0.25) is 6.10 Å². The van der Waals surface area contributed by atoms with Crippen molar-refractivity contribution in [1.29, 1.82) is 0 Å². The Morgan fingerprint density at radius 2 is 1.73 bits per heavy atom. The summed E-state index contributed by atoms with van der Waals surface area (Å²) in [5.74, 6) is 1.50. The van der Waals surface area contributed by atoms with Gasteiger partial charge >= 0.3 is 0 Å². The molecule has 2 aromatic carbocycles. The van der Waals surface area contributed by atoms with Crippen molar-refractivity contribution >= 4 is 17.5 Å². The van der Waals surface area contributed by atoms with E-state index in [1.165, 1.54) is 0 Å². The van der Waals surface area contributed by atoms with Crippen LogP contribution in [0.5, 0.6) is 23.0 Å². The lowest BCUT2D eigenvalue weighted by Gasteiger charge is -2.25. The molecule has 0 aliphatic carbocycles. The van der Waals surface area contributed by atoms with Crippen molar-refractivity contribution in [1.82, 2.24) is 10.7 Å². The summed E-state index contributed by atoms with van der Waals surface area (Å²) in [7, 11) is 0. The third-order valence-corrected chi connectivity index (χ3v) is 4.53. The van der Waals surface area contributed by atoms with Crippen LogP contribution in [0.3, 0.4) is 0 Å². The molecular weight excluding hydrogens is 390 g/mol. The lowest BCUT2D eigenvalue weighted by molar-refractivity contribution is -0.132. The molecule has 2 aromatic rings. The highest BCUT2D eigenvalue weighted by Crippen LogP contribution is 2.31. The average molecular weight is 411 g/mol. The molecule has 2 aliphatic heterocycles. The number of ether oxygens (including phenoxy) is 4. The Hall–Kier alpha value is -3.75. The Kier molecular flexibility index (Phi) is 5.69. The molecule has 1 atom stereocenters. The number of carbonyl (C=O) groups is 2. The largest absolute Gasteiger partial charge is 0.486 e. The zero-order valence-electron chi connectivity index (χ0n) is 16.3. The van der Waals surface area contributed by atoms with Crippen molar-refractivity contribution in [2.45, 2.75) is 13.0 Å². The Balaban J connectivity index is 1.27. The number of hydrazone groups is 1. The lowest BCUT2D eigenvalue weighted by Crippen LogP contribution is -2.46. The Bertz CT molecular complexity index is 990. The van der Waals surface area contributed by atoms with Gasteiger partial charge in [0.25, 0.3) is 11.8 Å². The number of para-hydroxylation sites is 2. The Morgan fingerprint density at radius 3 is 2.57 bits per heavy atom. The average Bonchev–Trinajstić information content (AvgIpc) is 2.80. The first kappa shape index (κ1) is 19.6. The summed E-state index contributed by atoms with van der Waals surface area (Å²) < 4.78 is 22.1. The summed E-state index contributed by atoms with van der Waals surface area (Å²) in [6.07, 6.45) is -0.823. The van der Waals surface area contributed by atoms with E-state index in [4.69, 9.17) is 18.9 Å². The quantitative estimate of drug-likeness (QED) is 0.567. The van der Waals surface area contributed by atoms with Crippen LogP contribution in [0.1, 0.15) is 12.5 Å². The van der Waals surface area contributed by atoms with E-state index < -0.39 is 17.9 Å². The third-order valence-electron chi connectivity index (χ3n) is 4.53. The molecule has 4 rings (SSSR count). The number of amides is 2. The van der Waals surface area contributed by atoms with Gasteiger partial charge in [-0.05, 0) is 37.3 Å². The molecule has 0 aromatic heterocycles. The fourth-order valence-corrected chi connectivity index (χ4v) is 2.95. The molecule has 2 heterocycles. The zero-order chi connectivity index (χ0) is 20.9. The summed E-state index contributed by atoms with van der Waals surface area (Å²) in [5, 5.41) is 6.60. The minimum atomic E-state index is -0.823. The lowest BCUT2D eigenvalue weighted by atomic mass is 10.1. The number of nitrogens with zero attached hydrogens (tertiary/aromatic N) is 1. The second kappa shape index (κ2) is 8.73. The van der Waals surface area contributed by atoms with Gasteiger partial charge in [0.15, 0.2) is 23.0 Å². The van der Waals surface area contributed by atoms with Crippen LogP contribution in [0, 0.1) is 0 Å². The van der Waals surface area contributed by atoms with Crippen LogP contribution in [0.4, 0.5) is 0 Å². The molecule has 0 fully saturated rings. The topological polar surface area (TPSA) is 107 Å². The van der Waals surface area contributed by atoms with Crippen LogP contribution < -0.4 is 29.7 Å². The molecule has 2 amide bonds. The van der Waals surface area contributed by atoms with Gasteiger partial charge in [-0.1, -0.05) is 12.1 Å². The minimum Gasteiger partial charge on any atom is -0.486 e. The maximum absolute atomic E-state index is 12.3. The van der Waals surface area contributed by atoms with Crippen molar-refractivity contribution in [3.8, 4) is 23.0 Å². The molecule has 0 spiro atoms. The van der Waals surface area contributed by atoms with E-state index in [1.54, 1.807) is 37.3 Å². The molecule has 0 unspecified atom stereocenters. The molecule has 9 nitrogen and oxygen atoms in total. The number of rotatable bonds is 5. The van der Waals surface area contributed by atoms with E-state index >= 15 is 0 Å². The molecule has 2 N–H and O–H groups in total. The smallest absolute Gasteiger partial charge is 0.265 e. The van der Waals surface area contributed by atoms with Gasteiger partial charge in [-0.2, -0.15) is 5.10 Å². The number of hydrogen-bond acceptors (Lipinski definition) is 7. The fraction of sp³-hybridized carbons (Fsp3) is 0.286. The first-order valence-corrected chi connectivity index (χ1v) is 9.49. The van der Waals surface area contributed by atoms with E-state index in [0.717, 1.165) is 5.56 Å². The number of fused-ring (bicyclic) bond motifs is 2. The van der Waals surface area contributed by atoms with Crippen LogP contribution in [-0.2, 0) is 9.59 Å².